The van der Waals surface area contributed by atoms with E-state index >= 15 is 0 Å². The summed E-state index contributed by atoms with van der Waals surface area (Å²) in [5, 5.41) is 3.41. The van der Waals surface area contributed by atoms with Gasteiger partial charge in [0.25, 0.3) is 0 Å². The summed E-state index contributed by atoms with van der Waals surface area (Å²) in [5.41, 5.74) is 1.34. The van der Waals surface area contributed by atoms with Crippen LogP contribution in [-0.2, 0) is 0 Å². The first-order valence-corrected chi connectivity index (χ1v) is 5.11. The number of aromatic nitrogens is 1. The van der Waals surface area contributed by atoms with E-state index in [9.17, 15) is 0 Å². The van der Waals surface area contributed by atoms with E-state index in [4.69, 9.17) is 4.74 Å². The SMILES string of the molecule is COc1cc(C2CCCNC2)ccn1. The average Bonchev–Trinajstić information content (AvgIpc) is 2.30. The first kappa shape index (κ1) is 9.46. The van der Waals surface area contributed by atoms with E-state index in [1.807, 2.05) is 12.3 Å². The molecule has 0 spiro atoms. The third kappa shape index (κ3) is 2.04. The lowest BCUT2D eigenvalue weighted by molar-refractivity contribution is 0.395. The van der Waals surface area contributed by atoms with Crippen molar-refractivity contribution in [2.45, 2.75) is 18.8 Å². The predicted octanol–water partition coefficient (Wildman–Crippen LogP) is 1.56. The Labute approximate surface area is 84.5 Å². The number of piperidine rings is 1. The van der Waals surface area contributed by atoms with Crippen molar-refractivity contribution in [3.63, 3.8) is 0 Å². The molecule has 1 saturated heterocycles. The van der Waals surface area contributed by atoms with E-state index in [0.29, 0.717) is 11.8 Å². The highest BCUT2D eigenvalue weighted by Gasteiger charge is 2.15. The second kappa shape index (κ2) is 4.42. The molecule has 0 bridgehead atoms. The number of rotatable bonds is 2. The van der Waals surface area contributed by atoms with Crippen LogP contribution in [0.15, 0.2) is 18.3 Å². The van der Waals surface area contributed by atoms with Gasteiger partial charge >= 0.3 is 0 Å². The molecule has 3 nitrogen and oxygen atoms in total. The zero-order valence-electron chi connectivity index (χ0n) is 8.49. The van der Waals surface area contributed by atoms with E-state index in [1.165, 1.54) is 18.4 Å². The van der Waals surface area contributed by atoms with E-state index in [2.05, 4.69) is 16.4 Å². The Balaban J connectivity index is 2.13. The molecule has 76 valence electrons. The maximum Gasteiger partial charge on any atom is 0.213 e. The van der Waals surface area contributed by atoms with E-state index < -0.39 is 0 Å². The first-order chi connectivity index (χ1) is 6.90. The van der Waals surface area contributed by atoms with Crippen molar-refractivity contribution in [3.05, 3.63) is 23.9 Å². The van der Waals surface area contributed by atoms with E-state index in [0.717, 1.165) is 13.1 Å². The molecule has 2 heterocycles. The maximum absolute atomic E-state index is 5.11. The van der Waals surface area contributed by atoms with Gasteiger partial charge in [0.05, 0.1) is 7.11 Å². The van der Waals surface area contributed by atoms with Crippen LogP contribution in [0, 0.1) is 0 Å². The Kier molecular flexibility index (Phi) is 2.99. The highest BCUT2D eigenvalue weighted by Crippen LogP contribution is 2.24. The topological polar surface area (TPSA) is 34.1 Å². The fourth-order valence-electron chi connectivity index (χ4n) is 1.93. The third-order valence-electron chi connectivity index (χ3n) is 2.74. The lowest BCUT2D eigenvalue weighted by Crippen LogP contribution is -2.28. The molecule has 0 aromatic carbocycles. The molecule has 1 N–H and O–H groups in total. The van der Waals surface area contributed by atoms with Crippen molar-refractivity contribution in [3.8, 4) is 5.88 Å². The molecule has 1 aliphatic rings. The minimum Gasteiger partial charge on any atom is -0.481 e. The molecule has 2 rings (SSSR count). The summed E-state index contributed by atoms with van der Waals surface area (Å²) in [6.07, 6.45) is 4.35. The quantitative estimate of drug-likeness (QED) is 0.772. The van der Waals surface area contributed by atoms with Gasteiger partial charge in [-0.15, -0.1) is 0 Å². The number of hydrogen-bond donors (Lipinski definition) is 1. The van der Waals surface area contributed by atoms with Gasteiger partial charge in [-0.05, 0) is 36.9 Å². The Morgan fingerprint density at radius 1 is 1.57 bits per heavy atom. The number of nitrogens with zero attached hydrogens (tertiary/aromatic N) is 1. The largest absolute Gasteiger partial charge is 0.481 e. The molecule has 14 heavy (non-hydrogen) atoms. The van der Waals surface area contributed by atoms with Gasteiger partial charge in [-0.2, -0.15) is 0 Å². The van der Waals surface area contributed by atoms with Crippen LogP contribution in [0.2, 0.25) is 0 Å². The predicted molar refractivity (Wildman–Crippen MR) is 55.6 cm³/mol. The fourth-order valence-corrected chi connectivity index (χ4v) is 1.93. The van der Waals surface area contributed by atoms with Crippen LogP contribution in [0.1, 0.15) is 24.3 Å². The molecule has 1 aromatic rings. The second-order valence-electron chi connectivity index (χ2n) is 3.67. The smallest absolute Gasteiger partial charge is 0.213 e. The zero-order chi connectivity index (χ0) is 9.80. The highest BCUT2D eigenvalue weighted by molar-refractivity contribution is 5.24. The Bertz CT molecular complexity index is 295. The molecule has 0 radical (unpaired) electrons. The van der Waals surface area contributed by atoms with Crippen molar-refractivity contribution < 1.29 is 4.74 Å². The second-order valence-corrected chi connectivity index (χ2v) is 3.67. The van der Waals surface area contributed by atoms with Crippen molar-refractivity contribution in [1.29, 1.82) is 0 Å². The number of nitrogens with one attached hydrogen (secondary N) is 1. The monoisotopic (exact) mass is 192 g/mol. The van der Waals surface area contributed by atoms with Crippen molar-refractivity contribution in [2.24, 2.45) is 0 Å². The van der Waals surface area contributed by atoms with Gasteiger partial charge in [0.1, 0.15) is 0 Å². The molecule has 1 atom stereocenters. The molecular formula is C11H16N2O. The van der Waals surface area contributed by atoms with Crippen LogP contribution in [0.3, 0.4) is 0 Å². The van der Waals surface area contributed by atoms with Crippen LogP contribution in [0.4, 0.5) is 0 Å². The summed E-state index contributed by atoms with van der Waals surface area (Å²) in [5.74, 6) is 1.34. The minimum atomic E-state index is 0.626. The number of pyridine rings is 1. The highest BCUT2D eigenvalue weighted by atomic mass is 16.5. The molecule has 0 amide bonds. The molecule has 3 heteroatoms. The van der Waals surface area contributed by atoms with Crippen LogP contribution in [0.5, 0.6) is 5.88 Å². The van der Waals surface area contributed by atoms with Gasteiger partial charge in [-0.1, -0.05) is 0 Å². The summed E-state index contributed by atoms with van der Waals surface area (Å²) in [6, 6.07) is 4.12. The van der Waals surface area contributed by atoms with Gasteiger partial charge < -0.3 is 10.1 Å². The van der Waals surface area contributed by atoms with Crippen LogP contribution in [0.25, 0.3) is 0 Å². The van der Waals surface area contributed by atoms with Crippen molar-refractivity contribution in [1.82, 2.24) is 10.3 Å². The summed E-state index contributed by atoms with van der Waals surface area (Å²) in [6.45, 7) is 2.23. The van der Waals surface area contributed by atoms with Gasteiger partial charge in [0.2, 0.25) is 5.88 Å². The standard InChI is InChI=1S/C11H16N2O/c1-14-11-7-9(4-6-13-11)10-3-2-5-12-8-10/h4,6-7,10,12H,2-3,5,8H2,1H3. The van der Waals surface area contributed by atoms with Gasteiger partial charge in [-0.3, -0.25) is 0 Å². The van der Waals surface area contributed by atoms with Crippen LogP contribution >= 0.6 is 0 Å². The van der Waals surface area contributed by atoms with Gasteiger partial charge in [0.15, 0.2) is 0 Å². The molecule has 1 aliphatic heterocycles. The van der Waals surface area contributed by atoms with E-state index in [-0.39, 0.29) is 0 Å². The summed E-state index contributed by atoms with van der Waals surface area (Å²) in [7, 11) is 1.66. The molecule has 0 aliphatic carbocycles. The van der Waals surface area contributed by atoms with Crippen LogP contribution in [-0.4, -0.2) is 25.2 Å². The zero-order valence-corrected chi connectivity index (χ0v) is 8.49. The lowest BCUT2D eigenvalue weighted by atomic mass is 9.92. The Morgan fingerprint density at radius 2 is 2.50 bits per heavy atom. The summed E-state index contributed by atoms with van der Waals surface area (Å²) < 4.78 is 5.11. The first-order valence-electron chi connectivity index (χ1n) is 5.11. The third-order valence-corrected chi connectivity index (χ3v) is 2.74. The minimum absolute atomic E-state index is 0.626. The maximum atomic E-state index is 5.11. The molecule has 1 unspecified atom stereocenters. The molecule has 0 saturated carbocycles. The Morgan fingerprint density at radius 3 is 3.21 bits per heavy atom. The normalized spacial score (nSPS) is 21.9. The van der Waals surface area contributed by atoms with E-state index in [1.54, 1.807) is 7.11 Å². The summed E-state index contributed by atoms with van der Waals surface area (Å²) in [4.78, 5) is 4.11. The van der Waals surface area contributed by atoms with Gasteiger partial charge in [0, 0.05) is 18.8 Å². The molecular weight excluding hydrogens is 176 g/mol. The Hall–Kier alpha value is -1.09. The number of hydrogen-bond acceptors (Lipinski definition) is 3. The average molecular weight is 192 g/mol. The van der Waals surface area contributed by atoms with Crippen molar-refractivity contribution >= 4 is 0 Å². The molecule has 1 aromatic heterocycles. The fraction of sp³-hybridized carbons (Fsp3) is 0.545. The summed E-state index contributed by atoms with van der Waals surface area (Å²) >= 11 is 0. The van der Waals surface area contributed by atoms with Crippen molar-refractivity contribution in [2.75, 3.05) is 20.2 Å². The van der Waals surface area contributed by atoms with Gasteiger partial charge in [-0.25, -0.2) is 4.98 Å². The number of methoxy groups -OCH3 is 1. The molecule has 1 fully saturated rings. The number of ether oxygens (including phenoxy) is 1. The van der Waals surface area contributed by atoms with Crippen LogP contribution < -0.4 is 10.1 Å². The lowest BCUT2D eigenvalue weighted by Gasteiger charge is -2.23.